The summed E-state index contributed by atoms with van der Waals surface area (Å²) in [5.41, 5.74) is 3.98. The van der Waals surface area contributed by atoms with E-state index in [9.17, 15) is 53.3 Å². The van der Waals surface area contributed by atoms with Gasteiger partial charge in [0.25, 0.3) is 30.4 Å². The second kappa shape index (κ2) is 22.4. The molecule has 2 atom stereocenters. The maximum absolute atomic E-state index is 12.6. The van der Waals surface area contributed by atoms with E-state index in [4.69, 9.17) is 4.74 Å². The van der Waals surface area contributed by atoms with Crippen molar-refractivity contribution in [1.82, 2.24) is 10.6 Å². The lowest BCUT2D eigenvalue weighted by molar-refractivity contribution is -0.439. The second-order valence-corrected chi connectivity index (χ2v) is 21.7. The number of fused-ring (bicyclic) bond motifs is 2. The summed E-state index contributed by atoms with van der Waals surface area (Å²) < 4.78 is 108. The van der Waals surface area contributed by atoms with Crippen LogP contribution in [-0.2, 0) is 60.3 Å². The fourth-order valence-corrected chi connectivity index (χ4v) is 10.5. The van der Waals surface area contributed by atoms with Crippen LogP contribution in [0, 0.1) is 0 Å². The maximum atomic E-state index is 12.6. The maximum Gasteiger partial charge on any atom is 0.305 e. The lowest BCUT2D eigenvalue weighted by Gasteiger charge is -2.22. The first-order valence-electron chi connectivity index (χ1n) is 21.9. The number of unbranched alkanes of at least 4 members (excludes halogenated alkanes) is 6. The number of nitrogens with one attached hydrogen (secondary N) is 2. The van der Waals surface area contributed by atoms with Crippen molar-refractivity contribution in [3.05, 3.63) is 47.5 Å². The smallest absolute Gasteiger partial charge is 0.305 e. The summed E-state index contributed by atoms with van der Waals surface area (Å²) in [6.45, 7) is 9.50. The van der Waals surface area contributed by atoms with E-state index in [1.807, 2.05) is 25.3 Å². The monoisotopic (exact) mass is 954 g/mol. The third kappa shape index (κ3) is 14.0. The Balaban J connectivity index is 1.17. The summed E-state index contributed by atoms with van der Waals surface area (Å²) in [6, 6.07) is 9.05. The standard InChI is InChI=1S/C44H64N4O13S3/c1-32-43(3,24-13-7-11-18-42(51)61-5)36-30-34(63(55,56)57)19-21-38(36)47(32)27-14-8-10-17-41(50)46-26-25-45-40(49)16-9-6-12-23-44(4)33(2)48(28-15-29-62(52,53)54)39-22-20-35(31-37(39)44)64(58,59)60/h19-22,30-31H,6-18,23-29H2,1-5H3,(H3-2,45,46,49,50,52,53,54,55,56,57,58,59,60)/p+2. The van der Waals surface area contributed by atoms with E-state index in [-0.39, 0.29) is 60.1 Å². The first kappa shape index (κ1) is 52.5. The molecule has 0 fully saturated rings. The van der Waals surface area contributed by atoms with Crippen molar-refractivity contribution in [1.29, 1.82) is 0 Å². The van der Waals surface area contributed by atoms with Gasteiger partial charge < -0.3 is 15.4 Å². The molecule has 17 nitrogen and oxygen atoms in total. The predicted molar refractivity (Wildman–Crippen MR) is 242 cm³/mol. The van der Waals surface area contributed by atoms with Gasteiger partial charge in [0.1, 0.15) is 13.1 Å². The summed E-state index contributed by atoms with van der Waals surface area (Å²) in [7, 11) is -11.7. The Hall–Kier alpha value is -4.08. The van der Waals surface area contributed by atoms with Crippen LogP contribution in [0.4, 0.5) is 11.4 Å². The summed E-state index contributed by atoms with van der Waals surface area (Å²) in [6.07, 6.45) is 8.98. The fourth-order valence-electron chi connectivity index (χ4n) is 8.95. The minimum absolute atomic E-state index is 0.115. The topological polar surface area (TPSA) is 254 Å². The van der Waals surface area contributed by atoms with Crippen molar-refractivity contribution in [3.63, 3.8) is 0 Å². The van der Waals surface area contributed by atoms with Crippen LogP contribution in [0.2, 0.25) is 0 Å². The van der Waals surface area contributed by atoms with Crippen LogP contribution in [0.5, 0.6) is 0 Å². The van der Waals surface area contributed by atoms with Gasteiger partial charge >= 0.3 is 5.97 Å². The molecule has 2 aromatic rings. The molecule has 2 amide bonds. The van der Waals surface area contributed by atoms with Gasteiger partial charge in [-0.05, 0) is 76.6 Å². The average Bonchev–Trinajstić information content (AvgIpc) is 3.55. The van der Waals surface area contributed by atoms with Crippen LogP contribution in [0.25, 0.3) is 0 Å². The van der Waals surface area contributed by atoms with Gasteiger partial charge in [-0.1, -0.05) is 25.7 Å². The van der Waals surface area contributed by atoms with E-state index in [2.05, 4.69) is 22.1 Å². The highest BCUT2D eigenvalue weighted by atomic mass is 32.2. The number of nitrogens with zero attached hydrogens (tertiary/aromatic N) is 2. The van der Waals surface area contributed by atoms with Gasteiger partial charge in [0.15, 0.2) is 11.4 Å². The number of hydrogen-bond donors (Lipinski definition) is 5. The molecular formula is C44H66N4O13S3+2. The molecule has 5 N–H and O–H groups in total. The third-order valence-corrected chi connectivity index (χ3v) is 15.4. The molecule has 0 bridgehead atoms. The van der Waals surface area contributed by atoms with E-state index in [0.29, 0.717) is 69.2 Å². The number of carbonyl (C=O) groups excluding carboxylic acids is 3. The van der Waals surface area contributed by atoms with Crippen molar-refractivity contribution in [2.24, 2.45) is 0 Å². The molecule has 2 heterocycles. The van der Waals surface area contributed by atoms with E-state index >= 15 is 0 Å². The molecule has 64 heavy (non-hydrogen) atoms. The van der Waals surface area contributed by atoms with Crippen LogP contribution in [-0.4, -0.2) is 116 Å². The highest BCUT2D eigenvalue weighted by Gasteiger charge is 2.48. The van der Waals surface area contributed by atoms with E-state index in [1.165, 1.54) is 25.3 Å². The molecule has 0 aliphatic carbocycles. The van der Waals surface area contributed by atoms with E-state index in [1.54, 1.807) is 18.2 Å². The minimum Gasteiger partial charge on any atom is -0.469 e. The number of hydrogen-bond acceptors (Lipinski definition) is 10. The minimum atomic E-state index is -4.47. The van der Waals surface area contributed by atoms with Crippen molar-refractivity contribution >= 4 is 70.9 Å². The van der Waals surface area contributed by atoms with E-state index in [0.717, 1.165) is 54.8 Å². The Morgan fingerprint density at radius 3 is 1.41 bits per heavy atom. The summed E-state index contributed by atoms with van der Waals surface area (Å²) in [4.78, 5) is 36.3. The van der Waals surface area contributed by atoms with Crippen LogP contribution in [0.1, 0.15) is 135 Å². The molecule has 2 aliphatic heterocycles. The molecule has 0 spiro atoms. The van der Waals surface area contributed by atoms with Gasteiger partial charge in [-0.3, -0.25) is 28.0 Å². The highest BCUT2D eigenvalue weighted by molar-refractivity contribution is 7.86. The zero-order valence-corrected chi connectivity index (χ0v) is 40.1. The Morgan fingerprint density at radius 2 is 1.00 bits per heavy atom. The van der Waals surface area contributed by atoms with Crippen LogP contribution >= 0.6 is 0 Å². The molecule has 4 rings (SSSR count). The molecule has 0 radical (unpaired) electrons. The summed E-state index contributed by atoms with van der Waals surface area (Å²) >= 11 is 0. The van der Waals surface area contributed by atoms with Gasteiger partial charge in [-0.25, -0.2) is 0 Å². The molecule has 2 aromatic carbocycles. The first-order chi connectivity index (χ1) is 29.9. The van der Waals surface area contributed by atoms with Crippen LogP contribution in [0.3, 0.4) is 0 Å². The SMILES string of the molecule is COC(=O)CCCCCC1(C)C(C)=[N+](CCCCCC(=O)NCCNC(=O)CCCCCC2(C)C(C)=[N+](CCCS(=O)(=O)O)c3ccc(S(=O)(=O)O)cc32)c2ccc(S(=O)(=O)O)cc21. The zero-order valence-electron chi connectivity index (χ0n) is 37.6. The Bertz CT molecular complexity index is 2450. The number of esters is 1. The number of benzene rings is 2. The number of carbonyl (C=O) groups is 3. The average molecular weight is 955 g/mol. The molecule has 2 unspecified atom stereocenters. The molecule has 0 aromatic heterocycles. The lowest BCUT2D eigenvalue weighted by Crippen LogP contribution is -2.34. The van der Waals surface area contributed by atoms with E-state index < -0.39 is 46.9 Å². The number of rotatable bonds is 27. The highest BCUT2D eigenvalue weighted by Crippen LogP contribution is 2.45. The molecule has 20 heteroatoms. The van der Waals surface area contributed by atoms with Gasteiger partial charge in [0.2, 0.25) is 23.2 Å². The molecule has 0 saturated carbocycles. The summed E-state index contributed by atoms with van der Waals surface area (Å²) in [5, 5.41) is 5.69. The Labute approximate surface area is 378 Å². The summed E-state index contributed by atoms with van der Waals surface area (Å²) in [5.74, 6) is -0.929. The number of methoxy groups -OCH3 is 1. The molecule has 356 valence electrons. The predicted octanol–water partition coefficient (Wildman–Crippen LogP) is 5.78. The molecule has 0 saturated heterocycles. The third-order valence-electron chi connectivity index (χ3n) is 12.9. The largest absolute Gasteiger partial charge is 0.469 e. The van der Waals surface area contributed by atoms with Crippen LogP contribution < -0.4 is 10.6 Å². The van der Waals surface area contributed by atoms with Gasteiger partial charge in [-0.15, -0.1) is 0 Å². The normalized spacial score (nSPS) is 18.6. The Morgan fingerprint density at radius 1 is 0.594 bits per heavy atom. The zero-order chi connectivity index (χ0) is 47.5. The van der Waals surface area contributed by atoms with Gasteiger partial charge in [-0.2, -0.15) is 34.4 Å². The second-order valence-electron chi connectivity index (χ2n) is 17.3. The molecular weight excluding hydrogens is 889 g/mol. The Kier molecular flexibility index (Phi) is 18.4. The lowest BCUT2D eigenvalue weighted by atomic mass is 9.76. The van der Waals surface area contributed by atoms with Crippen molar-refractivity contribution in [3.8, 4) is 0 Å². The fraction of sp³-hybridized carbons (Fsp3) is 0.614. The number of amides is 2. The van der Waals surface area contributed by atoms with Gasteiger partial charge in [0, 0.05) is 82.3 Å². The van der Waals surface area contributed by atoms with Gasteiger partial charge in [0.05, 0.1) is 33.5 Å². The quantitative estimate of drug-likeness (QED) is 0.0309. The number of ether oxygens (including phenoxy) is 1. The molecule has 2 aliphatic rings. The van der Waals surface area contributed by atoms with Crippen molar-refractivity contribution in [2.45, 2.75) is 145 Å². The van der Waals surface area contributed by atoms with Crippen molar-refractivity contribution < 1.29 is 67.2 Å². The van der Waals surface area contributed by atoms with Crippen molar-refractivity contribution in [2.75, 3.05) is 39.0 Å². The first-order valence-corrected chi connectivity index (χ1v) is 26.4. The van der Waals surface area contributed by atoms with Crippen LogP contribution in [0.15, 0.2) is 46.2 Å².